The van der Waals surface area contributed by atoms with E-state index in [4.69, 9.17) is 4.74 Å². The number of aromatic nitrogens is 5. The van der Waals surface area contributed by atoms with Crippen LogP contribution in [-0.4, -0.2) is 55.5 Å². The van der Waals surface area contributed by atoms with Crippen LogP contribution in [0, 0.1) is 5.92 Å². The minimum absolute atomic E-state index is 0.0170. The van der Waals surface area contributed by atoms with Gasteiger partial charge in [0.05, 0.1) is 31.3 Å². The molecule has 0 amide bonds. The molecule has 1 aromatic carbocycles. The number of aliphatic hydroxyl groups is 1. The summed E-state index contributed by atoms with van der Waals surface area (Å²) in [6, 6.07) is 7.74. The summed E-state index contributed by atoms with van der Waals surface area (Å²) in [6.45, 7) is 5.05. The maximum atomic E-state index is 12.9. The van der Waals surface area contributed by atoms with Crippen molar-refractivity contribution in [3.05, 3.63) is 46.0 Å². The molecular formula is C24H34N6O3. The van der Waals surface area contributed by atoms with E-state index >= 15 is 0 Å². The minimum atomic E-state index is -0.145. The molecule has 33 heavy (non-hydrogen) atoms. The molecule has 2 aromatic heterocycles. The van der Waals surface area contributed by atoms with Gasteiger partial charge < -0.3 is 14.8 Å². The van der Waals surface area contributed by atoms with Crippen LogP contribution >= 0.6 is 0 Å². The Morgan fingerprint density at radius 3 is 2.73 bits per heavy atom. The topological polar surface area (TPSA) is 109 Å². The van der Waals surface area contributed by atoms with E-state index in [9.17, 15) is 9.90 Å². The fraction of sp³-hybridized carbons (Fsp3) is 0.583. The first kappa shape index (κ1) is 23.4. The van der Waals surface area contributed by atoms with Crippen molar-refractivity contribution >= 4 is 10.9 Å². The van der Waals surface area contributed by atoms with Crippen LogP contribution in [0.3, 0.4) is 0 Å². The fourth-order valence-corrected chi connectivity index (χ4v) is 5.00. The summed E-state index contributed by atoms with van der Waals surface area (Å²) in [5.74, 6) is 1.70. The number of tetrazole rings is 1. The number of aliphatic hydroxyl groups excluding tert-OH is 1. The van der Waals surface area contributed by atoms with Gasteiger partial charge in [0.15, 0.2) is 5.82 Å². The number of hydrogen-bond acceptors (Lipinski definition) is 7. The fourth-order valence-electron chi connectivity index (χ4n) is 5.00. The lowest BCUT2D eigenvalue weighted by Crippen LogP contribution is -2.38. The van der Waals surface area contributed by atoms with E-state index in [0.29, 0.717) is 30.4 Å². The predicted octanol–water partition coefficient (Wildman–Crippen LogP) is 3.22. The zero-order chi connectivity index (χ0) is 23.4. The van der Waals surface area contributed by atoms with Gasteiger partial charge in [-0.1, -0.05) is 33.1 Å². The number of ether oxygens (including phenoxy) is 1. The number of pyridine rings is 1. The molecule has 178 valence electrons. The molecule has 1 saturated carbocycles. The van der Waals surface area contributed by atoms with Crippen molar-refractivity contribution in [2.75, 3.05) is 20.3 Å². The summed E-state index contributed by atoms with van der Waals surface area (Å²) in [6.07, 6.45) is 5.80. The van der Waals surface area contributed by atoms with Gasteiger partial charge in [0.25, 0.3) is 5.56 Å². The van der Waals surface area contributed by atoms with Crippen LogP contribution in [0.5, 0.6) is 5.75 Å². The van der Waals surface area contributed by atoms with Crippen LogP contribution in [0.15, 0.2) is 29.1 Å². The van der Waals surface area contributed by atoms with Gasteiger partial charge >= 0.3 is 0 Å². The summed E-state index contributed by atoms with van der Waals surface area (Å²) in [5.41, 5.74) is 1.23. The molecule has 2 N–H and O–H groups in total. The quantitative estimate of drug-likeness (QED) is 0.511. The van der Waals surface area contributed by atoms with Crippen molar-refractivity contribution in [2.24, 2.45) is 5.92 Å². The average Bonchev–Trinajstić information content (AvgIpc) is 3.29. The van der Waals surface area contributed by atoms with Gasteiger partial charge in [-0.2, -0.15) is 0 Å². The Labute approximate surface area is 193 Å². The van der Waals surface area contributed by atoms with Crippen molar-refractivity contribution in [1.82, 2.24) is 30.1 Å². The minimum Gasteiger partial charge on any atom is -0.497 e. The van der Waals surface area contributed by atoms with E-state index < -0.39 is 0 Å². The van der Waals surface area contributed by atoms with E-state index in [-0.39, 0.29) is 24.1 Å². The highest BCUT2D eigenvalue weighted by molar-refractivity contribution is 5.80. The van der Waals surface area contributed by atoms with Gasteiger partial charge in [-0.15, -0.1) is 5.10 Å². The Morgan fingerprint density at radius 1 is 1.24 bits per heavy atom. The monoisotopic (exact) mass is 454 g/mol. The molecular weight excluding hydrogens is 420 g/mol. The van der Waals surface area contributed by atoms with Crippen molar-refractivity contribution in [3.8, 4) is 5.75 Å². The maximum absolute atomic E-state index is 12.9. The van der Waals surface area contributed by atoms with E-state index in [1.54, 1.807) is 7.11 Å². The van der Waals surface area contributed by atoms with Crippen molar-refractivity contribution in [3.63, 3.8) is 0 Å². The number of rotatable bonds is 9. The van der Waals surface area contributed by atoms with Crippen LogP contribution < -0.4 is 10.3 Å². The molecule has 1 aliphatic carbocycles. The first-order valence-electron chi connectivity index (χ1n) is 11.8. The number of methoxy groups -OCH3 is 1. The highest BCUT2D eigenvalue weighted by Gasteiger charge is 2.32. The number of hydrogen-bond donors (Lipinski definition) is 2. The van der Waals surface area contributed by atoms with E-state index in [1.807, 2.05) is 28.9 Å². The molecule has 0 spiro atoms. The molecule has 4 rings (SSSR count). The number of benzene rings is 1. The van der Waals surface area contributed by atoms with Gasteiger partial charge in [0, 0.05) is 24.7 Å². The normalized spacial score (nSPS) is 16.1. The molecule has 1 fully saturated rings. The highest BCUT2D eigenvalue weighted by atomic mass is 16.5. The largest absolute Gasteiger partial charge is 0.497 e. The molecule has 0 aliphatic heterocycles. The van der Waals surface area contributed by atoms with Crippen molar-refractivity contribution < 1.29 is 9.84 Å². The maximum Gasteiger partial charge on any atom is 0.252 e. The first-order valence-corrected chi connectivity index (χ1v) is 11.8. The molecule has 0 saturated heterocycles. The smallest absolute Gasteiger partial charge is 0.252 e. The number of aromatic amines is 1. The second-order valence-electron chi connectivity index (χ2n) is 9.23. The van der Waals surface area contributed by atoms with Gasteiger partial charge in [0.1, 0.15) is 5.75 Å². The predicted molar refractivity (Wildman–Crippen MR) is 126 cm³/mol. The Balaban J connectivity index is 1.67. The van der Waals surface area contributed by atoms with Gasteiger partial charge in [-0.3, -0.25) is 9.69 Å². The lowest BCUT2D eigenvalue weighted by molar-refractivity contribution is 0.103. The van der Waals surface area contributed by atoms with Gasteiger partial charge in [-0.05, 0) is 52.8 Å². The summed E-state index contributed by atoms with van der Waals surface area (Å²) in [4.78, 5) is 18.0. The molecule has 1 aliphatic rings. The number of H-pyrrole nitrogens is 1. The van der Waals surface area contributed by atoms with Gasteiger partial charge in [-0.25, -0.2) is 4.68 Å². The summed E-state index contributed by atoms with van der Waals surface area (Å²) >= 11 is 0. The third-order valence-corrected chi connectivity index (χ3v) is 6.62. The molecule has 9 nitrogen and oxygen atoms in total. The van der Waals surface area contributed by atoms with Gasteiger partial charge in [0.2, 0.25) is 0 Å². The van der Waals surface area contributed by atoms with Crippen molar-refractivity contribution in [1.29, 1.82) is 0 Å². The van der Waals surface area contributed by atoms with E-state index in [0.717, 1.165) is 29.6 Å². The summed E-state index contributed by atoms with van der Waals surface area (Å²) < 4.78 is 7.26. The average molecular weight is 455 g/mol. The SMILES string of the molecule is COc1ccc2cc(CN(CCO)[C@@H](c3nnnn3C3CCCCC3)C(C)C)c(=O)[nH]c2c1. The zero-order valence-electron chi connectivity index (χ0n) is 19.7. The third-order valence-electron chi connectivity index (χ3n) is 6.62. The lowest BCUT2D eigenvalue weighted by Gasteiger charge is -2.34. The Kier molecular flexibility index (Phi) is 7.39. The van der Waals surface area contributed by atoms with E-state index in [1.165, 1.54) is 19.3 Å². The summed E-state index contributed by atoms with van der Waals surface area (Å²) in [7, 11) is 1.60. The molecule has 0 radical (unpaired) electrons. The van der Waals surface area contributed by atoms with Crippen LogP contribution in [0.4, 0.5) is 0 Å². The Hall–Kier alpha value is -2.78. The number of nitrogens with one attached hydrogen (secondary N) is 1. The number of fused-ring (bicyclic) bond motifs is 1. The van der Waals surface area contributed by atoms with E-state index in [2.05, 4.69) is 39.3 Å². The molecule has 3 aromatic rings. The van der Waals surface area contributed by atoms with Crippen LogP contribution in [0.25, 0.3) is 10.9 Å². The Bertz CT molecular complexity index is 1120. The van der Waals surface area contributed by atoms with Crippen LogP contribution in [-0.2, 0) is 6.54 Å². The van der Waals surface area contributed by atoms with Crippen LogP contribution in [0.2, 0.25) is 0 Å². The molecule has 0 bridgehead atoms. The summed E-state index contributed by atoms with van der Waals surface area (Å²) in [5, 5.41) is 23.6. The second kappa shape index (κ2) is 10.4. The second-order valence-corrected chi connectivity index (χ2v) is 9.23. The highest BCUT2D eigenvalue weighted by Crippen LogP contribution is 2.33. The molecule has 2 heterocycles. The molecule has 1 atom stereocenters. The van der Waals surface area contributed by atoms with Crippen molar-refractivity contribution in [2.45, 2.75) is 64.6 Å². The third kappa shape index (κ3) is 5.09. The number of nitrogens with zero attached hydrogens (tertiary/aromatic N) is 5. The molecule has 9 heteroatoms. The molecule has 0 unspecified atom stereocenters. The van der Waals surface area contributed by atoms with Crippen LogP contribution in [0.1, 0.15) is 69.4 Å². The lowest BCUT2D eigenvalue weighted by atomic mass is 9.94. The Morgan fingerprint density at radius 2 is 2.03 bits per heavy atom. The standard InChI is InChI=1S/C24H34N6O3/c1-16(2)22(23-26-27-28-30(23)19-7-5-4-6-8-19)29(11-12-31)15-18-13-17-9-10-20(33-3)14-21(17)25-24(18)32/h9-10,13-14,16,19,22,31H,4-8,11-12,15H2,1-3H3,(H,25,32)/t22-/m1/s1. The first-order chi connectivity index (χ1) is 16.0. The zero-order valence-corrected chi connectivity index (χ0v) is 19.7.